The highest BCUT2D eigenvalue weighted by molar-refractivity contribution is 5.90. The second kappa shape index (κ2) is 6.27. The number of hydrogen-bond acceptors (Lipinski definition) is 4. The predicted octanol–water partition coefficient (Wildman–Crippen LogP) is 3.52. The lowest BCUT2D eigenvalue weighted by atomic mass is 10.0. The zero-order valence-electron chi connectivity index (χ0n) is 12.4. The molecule has 5 nitrogen and oxygen atoms in total. The van der Waals surface area contributed by atoms with Crippen LogP contribution in [0.5, 0.6) is 5.88 Å². The van der Waals surface area contributed by atoms with E-state index in [2.05, 4.69) is 9.97 Å². The van der Waals surface area contributed by atoms with E-state index in [9.17, 15) is 9.90 Å². The Kier molecular flexibility index (Phi) is 4.01. The molecule has 3 aromatic rings. The number of nitrogens with zero attached hydrogens (tertiary/aromatic N) is 2. The molecule has 114 valence electrons. The van der Waals surface area contributed by atoms with Gasteiger partial charge in [0, 0.05) is 11.1 Å². The van der Waals surface area contributed by atoms with Gasteiger partial charge in [-0.15, -0.1) is 0 Å². The van der Waals surface area contributed by atoms with Crippen LogP contribution in [-0.4, -0.2) is 28.2 Å². The normalized spacial score (nSPS) is 10.3. The number of benzene rings is 2. The number of hydrogen-bond donors (Lipinski definition) is 1. The van der Waals surface area contributed by atoms with Crippen LogP contribution in [0.1, 0.15) is 10.5 Å². The summed E-state index contributed by atoms with van der Waals surface area (Å²) in [5, 5.41) is 9.35. The molecule has 0 atom stereocenters. The van der Waals surface area contributed by atoms with E-state index in [1.54, 1.807) is 0 Å². The highest BCUT2D eigenvalue weighted by Gasteiger charge is 2.21. The second-order valence-electron chi connectivity index (χ2n) is 4.82. The maximum atomic E-state index is 11.4. The Morgan fingerprint density at radius 3 is 1.78 bits per heavy atom. The Morgan fingerprint density at radius 1 is 0.870 bits per heavy atom. The van der Waals surface area contributed by atoms with Crippen molar-refractivity contribution < 1.29 is 14.6 Å². The van der Waals surface area contributed by atoms with Gasteiger partial charge in [0.05, 0.1) is 12.8 Å². The van der Waals surface area contributed by atoms with Crippen LogP contribution in [0.2, 0.25) is 0 Å². The van der Waals surface area contributed by atoms with Crippen LogP contribution in [-0.2, 0) is 0 Å². The van der Waals surface area contributed by atoms with Crippen molar-refractivity contribution in [2.75, 3.05) is 7.11 Å². The molecular weight excluding hydrogens is 292 g/mol. The minimum atomic E-state index is -1.17. The molecule has 3 rings (SSSR count). The Labute approximate surface area is 133 Å². The van der Waals surface area contributed by atoms with Crippen molar-refractivity contribution in [3.63, 3.8) is 0 Å². The number of ether oxygens (including phenoxy) is 1. The predicted molar refractivity (Wildman–Crippen MR) is 86.4 cm³/mol. The molecule has 0 radical (unpaired) electrons. The molecule has 0 amide bonds. The van der Waals surface area contributed by atoms with Gasteiger partial charge < -0.3 is 9.84 Å². The zero-order valence-corrected chi connectivity index (χ0v) is 12.4. The smallest absolute Gasteiger partial charge is 0.360 e. The maximum absolute atomic E-state index is 11.4. The summed E-state index contributed by atoms with van der Waals surface area (Å²) >= 11 is 0. The van der Waals surface area contributed by atoms with E-state index in [1.807, 2.05) is 60.7 Å². The highest BCUT2D eigenvalue weighted by atomic mass is 16.5. The Balaban J connectivity index is 2.30. The van der Waals surface area contributed by atoms with Gasteiger partial charge in [-0.05, 0) is 0 Å². The molecule has 0 saturated heterocycles. The van der Waals surface area contributed by atoms with Gasteiger partial charge in [0.2, 0.25) is 11.6 Å². The van der Waals surface area contributed by atoms with Gasteiger partial charge in [-0.1, -0.05) is 60.7 Å². The van der Waals surface area contributed by atoms with Crippen LogP contribution >= 0.6 is 0 Å². The molecule has 5 heteroatoms. The Bertz CT molecular complexity index is 834. The van der Waals surface area contributed by atoms with Gasteiger partial charge >= 0.3 is 5.97 Å². The quantitative estimate of drug-likeness (QED) is 0.798. The third kappa shape index (κ3) is 2.89. The summed E-state index contributed by atoms with van der Waals surface area (Å²) in [6, 6.07) is 18.9. The molecule has 1 aromatic heterocycles. The van der Waals surface area contributed by atoms with E-state index < -0.39 is 5.97 Å². The first-order valence-electron chi connectivity index (χ1n) is 7.01. The summed E-state index contributed by atoms with van der Waals surface area (Å²) in [6.07, 6.45) is 0. The van der Waals surface area contributed by atoms with E-state index in [-0.39, 0.29) is 11.6 Å². The maximum Gasteiger partial charge on any atom is 0.360 e. The third-order valence-corrected chi connectivity index (χ3v) is 3.35. The molecule has 1 heterocycles. The van der Waals surface area contributed by atoms with Crippen LogP contribution in [0.3, 0.4) is 0 Å². The molecule has 23 heavy (non-hydrogen) atoms. The summed E-state index contributed by atoms with van der Waals surface area (Å²) in [5.74, 6) is -1.18. The number of aromatic carboxylic acids is 1. The Hall–Kier alpha value is -3.21. The molecule has 0 aliphatic heterocycles. The lowest BCUT2D eigenvalue weighted by Crippen LogP contribution is -2.08. The molecule has 0 spiro atoms. The largest absolute Gasteiger partial charge is 0.479 e. The van der Waals surface area contributed by atoms with Gasteiger partial charge in [-0.3, -0.25) is 0 Å². The minimum absolute atomic E-state index is 0.00367. The average molecular weight is 306 g/mol. The molecule has 0 aliphatic carbocycles. The zero-order chi connectivity index (χ0) is 16.2. The number of rotatable bonds is 4. The van der Waals surface area contributed by atoms with Crippen molar-refractivity contribution >= 4 is 5.97 Å². The highest BCUT2D eigenvalue weighted by Crippen LogP contribution is 2.31. The summed E-state index contributed by atoms with van der Waals surface area (Å²) in [4.78, 5) is 20.1. The van der Waals surface area contributed by atoms with Crippen molar-refractivity contribution in [1.82, 2.24) is 9.97 Å². The number of methoxy groups -OCH3 is 1. The van der Waals surface area contributed by atoms with Crippen LogP contribution in [0.25, 0.3) is 22.5 Å². The summed E-state index contributed by atoms with van der Waals surface area (Å²) in [5.41, 5.74) is 2.53. The van der Waals surface area contributed by atoms with E-state index >= 15 is 0 Å². The Morgan fingerprint density at radius 2 is 1.35 bits per heavy atom. The molecule has 1 N–H and O–H groups in total. The fraction of sp³-hybridized carbons (Fsp3) is 0.0556. The topological polar surface area (TPSA) is 72.3 Å². The molecule has 0 unspecified atom stereocenters. The van der Waals surface area contributed by atoms with E-state index in [0.717, 1.165) is 11.1 Å². The van der Waals surface area contributed by atoms with Gasteiger partial charge in [-0.2, -0.15) is 0 Å². The van der Waals surface area contributed by atoms with Crippen molar-refractivity contribution in [3.8, 4) is 28.4 Å². The van der Waals surface area contributed by atoms with Gasteiger partial charge in [0.25, 0.3) is 0 Å². The summed E-state index contributed by atoms with van der Waals surface area (Å²) < 4.78 is 5.11. The molecule has 0 saturated carbocycles. The average Bonchev–Trinajstić information content (AvgIpc) is 2.62. The molecule has 0 aliphatic rings. The minimum Gasteiger partial charge on any atom is -0.479 e. The summed E-state index contributed by atoms with van der Waals surface area (Å²) in [7, 11) is 1.38. The van der Waals surface area contributed by atoms with Crippen LogP contribution in [0, 0.1) is 0 Å². The lowest BCUT2D eigenvalue weighted by Gasteiger charge is -2.12. The third-order valence-electron chi connectivity index (χ3n) is 3.35. The summed E-state index contributed by atoms with van der Waals surface area (Å²) in [6.45, 7) is 0. The second-order valence-corrected chi connectivity index (χ2v) is 4.82. The monoisotopic (exact) mass is 306 g/mol. The molecular formula is C18H14N2O3. The van der Waals surface area contributed by atoms with Crippen molar-refractivity contribution in [3.05, 3.63) is 66.4 Å². The standard InChI is InChI=1S/C18H14N2O3/c1-23-17-16(18(21)22)19-14(12-8-4-2-5-9-12)15(20-17)13-10-6-3-7-11-13/h2-11H,1H3,(H,21,22). The SMILES string of the molecule is COc1nc(-c2ccccc2)c(-c2ccccc2)nc1C(=O)O. The number of aromatic nitrogens is 2. The van der Waals surface area contributed by atoms with Crippen LogP contribution in [0.15, 0.2) is 60.7 Å². The first-order chi connectivity index (χ1) is 11.2. The molecule has 2 aromatic carbocycles. The van der Waals surface area contributed by atoms with E-state index in [4.69, 9.17) is 4.74 Å². The molecule has 0 bridgehead atoms. The van der Waals surface area contributed by atoms with Crippen molar-refractivity contribution in [2.24, 2.45) is 0 Å². The lowest BCUT2D eigenvalue weighted by molar-refractivity contribution is 0.0685. The first kappa shape index (κ1) is 14.7. The fourth-order valence-electron chi connectivity index (χ4n) is 2.30. The number of carboxylic acid groups (broad SMARTS) is 1. The fourth-order valence-corrected chi connectivity index (χ4v) is 2.30. The van der Waals surface area contributed by atoms with E-state index in [0.29, 0.717) is 11.4 Å². The number of carboxylic acids is 1. The van der Waals surface area contributed by atoms with E-state index in [1.165, 1.54) is 7.11 Å². The van der Waals surface area contributed by atoms with Gasteiger partial charge in [-0.25, -0.2) is 14.8 Å². The van der Waals surface area contributed by atoms with Crippen molar-refractivity contribution in [1.29, 1.82) is 0 Å². The van der Waals surface area contributed by atoms with Crippen molar-refractivity contribution in [2.45, 2.75) is 0 Å². The van der Waals surface area contributed by atoms with Gasteiger partial charge in [0.1, 0.15) is 5.69 Å². The molecule has 0 fully saturated rings. The van der Waals surface area contributed by atoms with Gasteiger partial charge in [0.15, 0.2) is 0 Å². The number of carbonyl (C=O) groups is 1. The first-order valence-corrected chi connectivity index (χ1v) is 7.01. The van der Waals surface area contributed by atoms with Crippen LogP contribution < -0.4 is 4.74 Å². The van der Waals surface area contributed by atoms with Crippen LogP contribution in [0.4, 0.5) is 0 Å².